The highest BCUT2D eigenvalue weighted by Crippen LogP contribution is 2.19. The molecule has 0 radical (unpaired) electrons. The number of benzene rings is 2. The molecule has 4 N–H and O–H groups in total. The van der Waals surface area contributed by atoms with Crippen molar-refractivity contribution in [2.45, 2.75) is 13.5 Å². The molecule has 104 valence electrons. The molecule has 0 saturated heterocycles. The van der Waals surface area contributed by atoms with Crippen molar-refractivity contribution in [3.05, 3.63) is 58.9 Å². The van der Waals surface area contributed by atoms with Crippen molar-refractivity contribution in [2.24, 2.45) is 0 Å². The van der Waals surface area contributed by atoms with Crippen LogP contribution < -0.4 is 11.1 Å². The van der Waals surface area contributed by atoms with E-state index in [1.165, 1.54) is 6.07 Å². The van der Waals surface area contributed by atoms with Gasteiger partial charge in [-0.25, -0.2) is 4.39 Å². The van der Waals surface area contributed by atoms with Gasteiger partial charge in [-0.15, -0.1) is 0 Å². The van der Waals surface area contributed by atoms with Crippen molar-refractivity contribution < 1.29 is 14.3 Å². The van der Waals surface area contributed by atoms with Gasteiger partial charge < -0.3 is 16.2 Å². The Hall–Kier alpha value is -2.56. The Labute approximate surface area is 116 Å². The first-order valence-electron chi connectivity index (χ1n) is 6.09. The number of carbonyl (C=O) groups is 1. The third kappa shape index (κ3) is 2.88. The number of amides is 1. The van der Waals surface area contributed by atoms with E-state index in [-0.39, 0.29) is 17.9 Å². The van der Waals surface area contributed by atoms with Gasteiger partial charge >= 0.3 is 0 Å². The molecule has 0 heterocycles. The number of halogens is 1. The van der Waals surface area contributed by atoms with Gasteiger partial charge in [-0.05, 0) is 36.2 Å². The fraction of sp³-hybridized carbons (Fsp3) is 0.133. The second-order valence-corrected chi connectivity index (χ2v) is 4.48. The summed E-state index contributed by atoms with van der Waals surface area (Å²) in [7, 11) is 0. The average molecular weight is 274 g/mol. The molecule has 0 bridgehead atoms. The Morgan fingerprint density at radius 3 is 2.80 bits per heavy atom. The fourth-order valence-corrected chi connectivity index (χ4v) is 1.86. The lowest BCUT2D eigenvalue weighted by atomic mass is 10.1. The average Bonchev–Trinajstić information content (AvgIpc) is 2.40. The molecule has 2 aromatic rings. The number of phenols is 1. The van der Waals surface area contributed by atoms with Crippen molar-refractivity contribution in [2.75, 3.05) is 5.73 Å². The van der Waals surface area contributed by atoms with Gasteiger partial charge in [0.25, 0.3) is 5.91 Å². The molecule has 0 aliphatic carbocycles. The first kappa shape index (κ1) is 13.9. The van der Waals surface area contributed by atoms with Gasteiger partial charge in [0.1, 0.15) is 11.6 Å². The number of rotatable bonds is 3. The van der Waals surface area contributed by atoms with Crippen LogP contribution in [0.1, 0.15) is 21.5 Å². The van der Waals surface area contributed by atoms with Crippen LogP contribution in [0, 0.1) is 12.7 Å². The molecule has 5 heteroatoms. The van der Waals surface area contributed by atoms with E-state index in [0.717, 1.165) is 23.3 Å². The molecule has 0 spiro atoms. The minimum absolute atomic E-state index is 0.0351. The zero-order valence-electron chi connectivity index (χ0n) is 11.0. The standard InChI is InChI=1S/C15H15FN2O2/c1-9-10(3-2-4-13(9)17)8-18-15(20)12-6-5-11(16)7-14(12)19/h2-7,19H,8,17H2,1H3,(H,18,20). The molecule has 1 amide bonds. The van der Waals surface area contributed by atoms with Gasteiger partial charge in [0, 0.05) is 18.3 Å². The molecule has 0 fully saturated rings. The summed E-state index contributed by atoms with van der Waals surface area (Å²) in [5.41, 5.74) is 8.26. The molecule has 0 atom stereocenters. The van der Waals surface area contributed by atoms with Gasteiger partial charge in [0.05, 0.1) is 5.56 Å². The second-order valence-electron chi connectivity index (χ2n) is 4.48. The van der Waals surface area contributed by atoms with Crippen LogP contribution in [-0.4, -0.2) is 11.0 Å². The Balaban J connectivity index is 2.11. The zero-order valence-corrected chi connectivity index (χ0v) is 11.0. The van der Waals surface area contributed by atoms with Crippen LogP contribution in [0.3, 0.4) is 0 Å². The first-order chi connectivity index (χ1) is 9.49. The van der Waals surface area contributed by atoms with E-state index in [1.807, 2.05) is 13.0 Å². The van der Waals surface area contributed by atoms with E-state index >= 15 is 0 Å². The third-order valence-corrected chi connectivity index (χ3v) is 3.13. The van der Waals surface area contributed by atoms with Gasteiger partial charge in [-0.1, -0.05) is 12.1 Å². The summed E-state index contributed by atoms with van der Waals surface area (Å²) in [6.07, 6.45) is 0. The predicted octanol–water partition coefficient (Wildman–Crippen LogP) is 2.35. The highest BCUT2D eigenvalue weighted by atomic mass is 19.1. The number of phenolic OH excluding ortho intramolecular Hbond substituents is 1. The summed E-state index contributed by atoms with van der Waals surface area (Å²) < 4.78 is 12.9. The maximum atomic E-state index is 12.9. The van der Waals surface area contributed by atoms with Gasteiger partial charge in [0.15, 0.2) is 0 Å². The highest BCUT2D eigenvalue weighted by Gasteiger charge is 2.12. The smallest absolute Gasteiger partial charge is 0.255 e. The molecule has 2 rings (SSSR count). The summed E-state index contributed by atoms with van der Waals surface area (Å²) >= 11 is 0. The molecule has 0 aliphatic heterocycles. The molecule has 0 unspecified atom stereocenters. The SMILES string of the molecule is Cc1c(N)cccc1CNC(=O)c1ccc(F)cc1O. The third-order valence-electron chi connectivity index (χ3n) is 3.13. The number of carbonyl (C=O) groups excluding carboxylic acids is 1. The summed E-state index contributed by atoms with van der Waals surface area (Å²) in [5, 5.41) is 12.2. The maximum Gasteiger partial charge on any atom is 0.255 e. The number of hydrogen-bond donors (Lipinski definition) is 3. The largest absolute Gasteiger partial charge is 0.507 e. The summed E-state index contributed by atoms with van der Waals surface area (Å²) in [6, 6.07) is 8.72. The number of aromatic hydroxyl groups is 1. The van der Waals surface area contributed by atoms with E-state index in [2.05, 4.69) is 5.32 Å². The van der Waals surface area contributed by atoms with E-state index in [4.69, 9.17) is 5.73 Å². The molecule has 20 heavy (non-hydrogen) atoms. The van der Waals surface area contributed by atoms with Crippen molar-refractivity contribution in [1.29, 1.82) is 0 Å². The normalized spacial score (nSPS) is 10.3. The molecular weight excluding hydrogens is 259 g/mol. The lowest BCUT2D eigenvalue weighted by Crippen LogP contribution is -2.23. The van der Waals surface area contributed by atoms with Crippen LogP contribution in [-0.2, 0) is 6.54 Å². The zero-order chi connectivity index (χ0) is 14.7. The Kier molecular flexibility index (Phi) is 3.89. The fourth-order valence-electron chi connectivity index (χ4n) is 1.86. The Bertz CT molecular complexity index is 656. The topological polar surface area (TPSA) is 75.3 Å². The monoisotopic (exact) mass is 274 g/mol. The van der Waals surface area contributed by atoms with Crippen LogP contribution in [0.25, 0.3) is 0 Å². The van der Waals surface area contributed by atoms with Crippen molar-refractivity contribution in [1.82, 2.24) is 5.32 Å². The molecule has 0 aromatic heterocycles. The van der Waals surface area contributed by atoms with E-state index in [1.54, 1.807) is 12.1 Å². The van der Waals surface area contributed by atoms with Crippen molar-refractivity contribution >= 4 is 11.6 Å². The van der Waals surface area contributed by atoms with Gasteiger partial charge in [0.2, 0.25) is 0 Å². The molecule has 4 nitrogen and oxygen atoms in total. The second kappa shape index (κ2) is 5.61. The van der Waals surface area contributed by atoms with Crippen LogP contribution >= 0.6 is 0 Å². The number of nitrogens with one attached hydrogen (secondary N) is 1. The van der Waals surface area contributed by atoms with Crippen LogP contribution in [0.2, 0.25) is 0 Å². The summed E-state index contributed by atoms with van der Waals surface area (Å²) in [4.78, 5) is 11.9. The van der Waals surface area contributed by atoms with Gasteiger partial charge in [-0.2, -0.15) is 0 Å². The van der Waals surface area contributed by atoms with Crippen molar-refractivity contribution in [3.8, 4) is 5.75 Å². The minimum Gasteiger partial charge on any atom is -0.507 e. The number of nitrogens with two attached hydrogens (primary N) is 1. The van der Waals surface area contributed by atoms with E-state index < -0.39 is 11.7 Å². The first-order valence-corrected chi connectivity index (χ1v) is 6.09. The summed E-state index contributed by atoms with van der Waals surface area (Å²) in [6.45, 7) is 2.15. The number of hydrogen-bond acceptors (Lipinski definition) is 3. The quantitative estimate of drug-likeness (QED) is 0.752. The highest BCUT2D eigenvalue weighted by molar-refractivity contribution is 5.96. The lowest BCUT2D eigenvalue weighted by molar-refractivity contribution is 0.0948. The van der Waals surface area contributed by atoms with Crippen LogP contribution in [0.5, 0.6) is 5.75 Å². The lowest BCUT2D eigenvalue weighted by Gasteiger charge is -2.10. The molecule has 2 aromatic carbocycles. The number of nitrogen functional groups attached to an aromatic ring is 1. The number of anilines is 1. The Morgan fingerprint density at radius 1 is 1.35 bits per heavy atom. The molecule has 0 aliphatic rings. The van der Waals surface area contributed by atoms with Crippen LogP contribution in [0.15, 0.2) is 36.4 Å². The Morgan fingerprint density at radius 2 is 2.10 bits per heavy atom. The van der Waals surface area contributed by atoms with Gasteiger partial charge in [-0.3, -0.25) is 4.79 Å². The maximum absolute atomic E-state index is 12.9. The van der Waals surface area contributed by atoms with Crippen LogP contribution in [0.4, 0.5) is 10.1 Å². The van der Waals surface area contributed by atoms with Crippen molar-refractivity contribution in [3.63, 3.8) is 0 Å². The van der Waals surface area contributed by atoms with E-state index in [0.29, 0.717) is 5.69 Å². The minimum atomic E-state index is -0.592. The molecular formula is C15H15FN2O2. The van der Waals surface area contributed by atoms with E-state index in [9.17, 15) is 14.3 Å². The summed E-state index contributed by atoms with van der Waals surface area (Å²) in [5.74, 6) is -1.44. The molecule has 0 saturated carbocycles. The predicted molar refractivity (Wildman–Crippen MR) is 74.8 cm³/mol.